The number of phenols is 1. The van der Waals surface area contributed by atoms with Crippen molar-refractivity contribution in [3.05, 3.63) is 63.9 Å². The molecule has 4 rings (SSSR count). The molecule has 0 amide bonds. The number of morpholine rings is 1. The number of hydrogen-bond acceptors (Lipinski definition) is 9. The van der Waals surface area contributed by atoms with Crippen molar-refractivity contribution in [2.24, 2.45) is 0 Å². The highest BCUT2D eigenvalue weighted by Crippen LogP contribution is 2.42. The molecule has 214 valence electrons. The molecule has 0 aliphatic carbocycles. The minimum atomic E-state index is -0.340. The second-order valence-electron chi connectivity index (χ2n) is 9.64. The third-order valence-corrected chi connectivity index (χ3v) is 6.66. The summed E-state index contributed by atoms with van der Waals surface area (Å²) in [4.78, 5) is 16.1. The molecule has 40 heavy (non-hydrogen) atoms. The molecule has 2 aromatic carbocycles. The highest BCUT2D eigenvalue weighted by Gasteiger charge is 2.23. The van der Waals surface area contributed by atoms with Crippen LogP contribution in [0.15, 0.2) is 57.3 Å². The number of nitrogens with zero attached hydrogens (tertiary/aromatic N) is 1. The smallest absolute Gasteiger partial charge is 0.200 e. The Morgan fingerprint density at radius 3 is 2.38 bits per heavy atom. The third kappa shape index (κ3) is 6.60. The van der Waals surface area contributed by atoms with Gasteiger partial charge in [-0.3, -0.25) is 9.69 Å². The Hall–Kier alpha value is -3.95. The van der Waals surface area contributed by atoms with Crippen molar-refractivity contribution in [1.82, 2.24) is 4.90 Å². The summed E-state index contributed by atoms with van der Waals surface area (Å²) in [7, 11) is 4.60. The lowest BCUT2D eigenvalue weighted by molar-refractivity contribution is 0.0322. The molecule has 1 aliphatic rings. The second-order valence-corrected chi connectivity index (χ2v) is 9.64. The van der Waals surface area contributed by atoms with Gasteiger partial charge in [0.15, 0.2) is 11.5 Å². The number of hydrogen-bond donors (Lipinski definition) is 1. The Morgan fingerprint density at radius 1 is 1.00 bits per heavy atom. The van der Waals surface area contributed by atoms with Crippen LogP contribution in [0.5, 0.6) is 28.7 Å². The zero-order valence-electron chi connectivity index (χ0n) is 23.7. The van der Waals surface area contributed by atoms with E-state index in [1.54, 1.807) is 18.2 Å². The summed E-state index contributed by atoms with van der Waals surface area (Å²) < 4.78 is 34.3. The highest BCUT2D eigenvalue weighted by molar-refractivity contribution is 5.88. The van der Waals surface area contributed by atoms with Crippen LogP contribution in [0, 0.1) is 0 Å². The van der Waals surface area contributed by atoms with Crippen LogP contribution < -0.4 is 24.4 Å². The van der Waals surface area contributed by atoms with E-state index in [2.05, 4.69) is 4.90 Å². The maximum atomic E-state index is 13.9. The molecule has 0 spiro atoms. The molecule has 2 heterocycles. The Kier molecular flexibility index (Phi) is 9.74. The summed E-state index contributed by atoms with van der Waals surface area (Å²) in [5, 5.41) is 11.0. The van der Waals surface area contributed by atoms with Crippen LogP contribution in [0.3, 0.4) is 0 Å². The molecule has 9 nitrogen and oxygen atoms in total. The van der Waals surface area contributed by atoms with Crippen LogP contribution in [0.2, 0.25) is 0 Å². The van der Waals surface area contributed by atoms with Crippen LogP contribution in [-0.2, 0) is 11.2 Å². The van der Waals surface area contributed by atoms with Gasteiger partial charge in [-0.2, -0.15) is 0 Å². The van der Waals surface area contributed by atoms with Gasteiger partial charge < -0.3 is 33.2 Å². The van der Waals surface area contributed by atoms with Crippen LogP contribution >= 0.6 is 0 Å². The lowest BCUT2D eigenvalue weighted by Gasteiger charge is -2.26. The molecule has 0 saturated carbocycles. The fourth-order valence-electron chi connectivity index (χ4n) is 4.57. The summed E-state index contributed by atoms with van der Waals surface area (Å²) in [5.41, 5.74) is 1.88. The van der Waals surface area contributed by atoms with Gasteiger partial charge in [0, 0.05) is 43.4 Å². The highest BCUT2D eigenvalue weighted by atomic mass is 16.5. The fourth-order valence-corrected chi connectivity index (χ4v) is 4.57. The van der Waals surface area contributed by atoms with Crippen molar-refractivity contribution >= 4 is 11.0 Å². The molecule has 0 bridgehead atoms. The molecule has 1 aliphatic heterocycles. The Balaban J connectivity index is 1.81. The van der Waals surface area contributed by atoms with E-state index in [-0.39, 0.29) is 28.6 Å². The van der Waals surface area contributed by atoms with Gasteiger partial charge in [0.2, 0.25) is 5.43 Å². The van der Waals surface area contributed by atoms with Crippen molar-refractivity contribution in [3.63, 3.8) is 0 Å². The van der Waals surface area contributed by atoms with E-state index < -0.39 is 0 Å². The molecule has 3 aromatic rings. The number of allylic oxidation sites excluding steroid dienone is 4. The number of benzene rings is 2. The molecular weight excluding hydrogens is 514 g/mol. The fraction of sp³-hybridized carbons (Fsp3) is 0.387. The van der Waals surface area contributed by atoms with Crippen LogP contribution in [0.4, 0.5) is 0 Å². The largest absolute Gasteiger partial charge is 0.507 e. The first kappa shape index (κ1) is 29.0. The van der Waals surface area contributed by atoms with Crippen molar-refractivity contribution in [3.8, 4) is 40.1 Å². The number of rotatable bonds is 11. The summed E-state index contributed by atoms with van der Waals surface area (Å²) in [6.07, 6.45) is 5.99. The molecular formula is C31H37NO8. The number of aromatic hydroxyl groups is 1. The van der Waals surface area contributed by atoms with Crippen molar-refractivity contribution in [2.75, 3.05) is 60.8 Å². The monoisotopic (exact) mass is 551 g/mol. The van der Waals surface area contributed by atoms with E-state index >= 15 is 0 Å². The van der Waals surface area contributed by atoms with Gasteiger partial charge in [0.1, 0.15) is 40.6 Å². The Bertz CT molecular complexity index is 1450. The standard InChI is InChI=1S/C31H37NO8/c1-20(2)8-6-7-9-22-30(34)29-24(33)16-21(39-15-12-32-10-13-38-14-11-32)17-28(29)40-31(22)23-18-26(36-4)27(37-5)19-25(23)35-3/h6-8,16-19,33H,9-15H2,1-5H3/b7-6+. The maximum absolute atomic E-state index is 13.9. The number of ether oxygens (including phenoxy) is 5. The minimum Gasteiger partial charge on any atom is -0.507 e. The summed E-state index contributed by atoms with van der Waals surface area (Å²) >= 11 is 0. The van der Waals surface area contributed by atoms with Crippen LogP contribution in [0.25, 0.3) is 22.3 Å². The molecule has 1 aromatic heterocycles. The van der Waals surface area contributed by atoms with Gasteiger partial charge in [-0.1, -0.05) is 23.8 Å². The molecule has 0 atom stereocenters. The molecule has 9 heteroatoms. The average molecular weight is 552 g/mol. The Labute approximate surface area is 234 Å². The van der Waals surface area contributed by atoms with E-state index in [0.29, 0.717) is 59.7 Å². The first-order chi connectivity index (χ1) is 19.4. The van der Waals surface area contributed by atoms with Crippen molar-refractivity contribution in [2.45, 2.75) is 20.3 Å². The van der Waals surface area contributed by atoms with Gasteiger partial charge in [-0.05, 0) is 26.3 Å². The first-order valence-corrected chi connectivity index (χ1v) is 13.2. The number of phenolic OH excluding ortho intramolecular Hbond substituents is 1. The van der Waals surface area contributed by atoms with Gasteiger partial charge in [-0.15, -0.1) is 0 Å². The van der Waals surface area contributed by atoms with Gasteiger partial charge in [0.25, 0.3) is 0 Å². The van der Waals surface area contributed by atoms with Crippen molar-refractivity contribution in [1.29, 1.82) is 0 Å². The topological polar surface area (TPSA) is 99.8 Å². The van der Waals surface area contributed by atoms with E-state index in [1.165, 1.54) is 27.4 Å². The minimum absolute atomic E-state index is 0.0920. The molecule has 0 unspecified atom stereocenters. The molecule has 1 saturated heterocycles. The SMILES string of the molecule is COc1cc(OC)c(-c2oc3cc(OCCN4CCOCC4)cc(O)c3c(=O)c2C/C=C/C=C(C)C)cc1OC. The number of methoxy groups -OCH3 is 3. The quantitative estimate of drug-likeness (QED) is 0.331. The zero-order chi connectivity index (χ0) is 28.6. The van der Waals surface area contributed by atoms with E-state index in [4.69, 9.17) is 28.1 Å². The second kappa shape index (κ2) is 13.4. The molecule has 1 fully saturated rings. The van der Waals surface area contributed by atoms with Gasteiger partial charge in [0.05, 0.1) is 40.1 Å². The van der Waals surface area contributed by atoms with Crippen molar-refractivity contribution < 1.29 is 33.2 Å². The van der Waals surface area contributed by atoms with Gasteiger partial charge in [-0.25, -0.2) is 0 Å². The summed E-state index contributed by atoms with van der Waals surface area (Å²) in [6.45, 7) is 8.23. The Morgan fingerprint density at radius 2 is 1.70 bits per heavy atom. The lowest BCUT2D eigenvalue weighted by atomic mass is 10.00. The zero-order valence-corrected chi connectivity index (χ0v) is 23.7. The van der Waals surface area contributed by atoms with E-state index in [0.717, 1.165) is 25.2 Å². The first-order valence-electron chi connectivity index (χ1n) is 13.2. The predicted octanol–water partition coefficient (Wildman–Crippen LogP) is 4.97. The summed E-state index contributed by atoms with van der Waals surface area (Å²) in [5.74, 6) is 1.88. The maximum Gasteiger partial charge on any atom is 0.200 e. The lowest BCUT2D eigenvalue weighted by Crippen LogP contribution is -2.38. The normalized spacial score (nSPS) is 13.9. The third-order valence-electron chi connectivity index (χ3n) is 6.66. The number of fused-ring (bicyclic) bond motifs is 1. The average Bonchev–Trinajstić information content (AvgIpc) is 2.95. The molecule has 0 radical (unpaired) electrons. The van der Waals surface area contributed by atoms with Crippen LogP contribution in [0.1, 0.15) is 19.4 Å². The van der Waals surface area contributed by atoms with Crippen LogP contribution in [-0.4, -0.2) is 70.8 Å². The van der Waals surface area contributed by atoms with E-state index in [9.17, 15) is 9.90 Å². The van der Waals surface area contributed by atoms with E-state index in [1.807, 2.05) is 32.1 Å². The summed E-state index contributed by atoms with van der Waals surface area (Å²) in [6, 6.07) is 6.49. The molecule has 1 N–H and O–H groups in total. The van der Waals surface area contributed by atoms with Gasteiger partial charge >= 0.3 is 0 Å². The predicted molar refractivity (Wildman–Crippen MR) is 154 cm³/mol.